The van der Waals surface area contributed by atoms with Crippen molar-refractivity contribution >= 4 is 25.0 Å². The molecule has 0 aliphatic carbocycles. The van der Waals surface area contributed by atoms with Gasteiger partial charge in [0.25, 0.3) is 5.69 Å². The number of nitro groups is 1. The molecule has 1 aromatic carbocycles. The van der Waals surface area contributed by atoms with Crippen LogP contribution < -0.4 is 0 Å². The van der Waals surface area contributed by atoms with Gasteiger partial charge in [-0.05, 0) is 32.1 Å². The van der Waals surface area contributed by atoms with Gasteiger partial charge in [0, 0.05) is 24.5 Å². The van der Waals surface area contributed by atoms with Gasteiger partial charge < -0.3 is 13.8 Å². The first-order chi connectivity index (χ1) is 12.9. The molecule has 1 aliphatic heterocycles. The quantitative estimate of drug-likeness (QED) is 0.291. The first-order valence-corrected chi connectivity index (χ1v) is 11.6. The second-order valence-corrected chi connectivity index (χ2v) is 9.34. The highest BCUT2D eigenvalue weighted by atomic mass is 32.2. The van der Waals surface area contributed by atoms with Crippen molar-refractivity contribution in [1.82, 2.24) is 0 Å². The summed E-state index contributed by atoms with van der Waals surface area (Å²) in [6.45, 7) is 7.85. The van der Waals surface area contributed by atoms with Crippen LogP contribution in [0.4, 0.5) is 5.69 Å². The zero-order chi connectivity index (χ0) is 20.0. The van der Waals surface area contributed by atoms with Gasteiger partial charge in [0.2, 0.25) is 0 Å². The molecule has 0 saturated heterocycles. The second-order valence-electron chi connectivity index (χ2n) is 5.91. The van der Waals surface area contributed by atoms with E-state index in [1.165, 1.54) is 12.1 Å². The molecule has 0 fully saturated rings. The average Bonchev–Trinajstić information content (AvgIpc) is 2.61. The van der Waals surface area contributed by atoms with Gasteiger partial charge in [0.05, 0.1) is 23.5 Å². The largest absolute Gasteiger partial charge is 0.484 e. The molecule has 27 heavy (non-hydrogen) atoms. The van der Waals surface area contributed by atoms with Gasteiger partial charge in [-0.3, -0.25) is 14.7 Å². The molecule has 0 N–H and O–H groups in total. The van der Waals surface area contributed by atoms with Crippen LogP contribution in [0.3, 0.4) is 0 Å². The molecular weight excluding hydrogens is 389 g/mol. The van der Waals surface area contributed by atoms with Crippen molar-refractivity contribution in [3.8, 4) is 0 Å². The molecule has 0 radical (unpaired) electrons. The Hall–Kier alpha value is -1.34. The van der Waals surface area contributed by atoms with E-state index in [0.717, 1.165) is 11.3 Å². The number of nitro benzene ring substituents is 1. The van der Waals surface area contributed by atoms with E-state index in [4.69, 9.17) is 13.8 Å². The second kappa shape index (κ2) is 9.73. The average molecular weight is 415 g/mol. The predicted octanol–water partition coefficient (Wildman–Crippen LogP) is 5.68. The van der Waals surface area contributed by atoms with Gasteiger partial charge >= 0.3 is 7.60 Å². The number of non-ortho nitro benzene ring substituents is 1. The van der Waals surface area contributed by atoms with Gasteiger partial charge in [-0.25, -0.2) is 0 Å². The smallest absolute Gasteiger partial charge is 0.361 e. The summed E-state index contributed by atoms with van der Waals surface area (Å²) in [4.78, 5) is 10.5. The summed E-state index contributed by atoms with van der Waals surface area (Å²) >= 11 is 1.67. The number of benzene rings is 1. The molecule has 9 heteroatoms. The highest BCUT2D eigenvalue weighted by Gasteiger charge is 2.42. The van der Waals surface area contributed by atoms with E-state index in [9.17, 15) is 14.7 Å². The first-order valence-electron chi connectivity index (χ1n) is 8.99. The summed E-state index contributed by atoms with van der Waals surface area (Å²) < 4.78 is 30.6. The van der Waals surface area contributed by atoms with E-state index >= 15 is 0 Å². The van der Waals surface area contributed by atoms with E-state index in [2.05, 4.69) is 6.92 Å². The molecule has 1 heterocycles. The van der Waals surface area contributed by atoms with E-state index in [1.807, 2.05) is 0 Å². The molecule has 150 valence electrons. The lowest BCUT2D eigenvalue weighted by molar-refractivity contribution is -0.384. The Bertz CT molecular complexity index is 726. The van der Waals surface area contributed by atoms with Crippen molar-refractivity contribution < 1.29 is 23.3 Å². The molecular formula is C18H26NO6PS. The lowest BCUT2D eigenvalue weighted by Gasteiger charge is -2.35. The summed E-state index contributed by atoms with van der Waals surface area (Å²) in [6.07, 6.45) is 0.590. The van der Waals surface area contributed by atoms with Crippen LogP contribution in [0, 0.1) is 10.1 Å². The van der Waals surface area contributed by atoms with Crippen molar-refractivity contribution in [2.45, 2.75) is 45.5 Å². The van der Waals surface area contributed by atoms with Gasteiger partial charge in [-0.15, -0.1) is 11.8 Å². The number of hydrogen-bond donors (Lipinski definition) is 0. The van der Waals surface area contributed by atoms with Crippen molar-refractivity contribution in [3.05, 3.63) is 51.0 Å². The maximum atomic E-state index is 13.5. The number of ether oxygens (including phenoxy) is 1. The summed E-state index contributed by atoms with van der Waals surface area (Å²) in [6, 6.07) is 6.34. The van der Waals surface area contributed by atoms with E-state index in [0.29, 0.717) is 17.5 Å². The van der Waals surface area contributed by atoms with Crippen LogP contribution in [0.2, 0.25) is 0 Å². The van der Waals surface area contributed by atoms with Crippen LogP contribution in [-0.4, -0.2) is 29.3 Å². The first kappa shape index (κ1) is 22.0. The number of thioether (sulfide) groups is 1. The minimum Gasteiger partial charge on any atom is -0.484 e. The van der Waals surface area contributed by atoms with Crippen LogP contribution in [0.1, 0.15) is 45.6 Å². The van der Waals surface area contributed by atoms with Crippen LogP contribution in [0.15, 0.2) is 35.3 Å². The molecule has 1 aliphatic rings. The number of allylic oxidation sites excluding steroid dienone is 2. The minimum absolute atomic E-state index is 0.0188. The van der Waals surface area contributed by atoms with E-state index in [-0.39, 0.29) is 30.3 Å². The maximum Gasteiger partial charge on any atom is 0.361 e. The Kier molecular flexibility index (Phi) is 7.91. The van der Waals surface area contributed by atoms with Crippen LogP contribution in [0.5, 0.6) is 0 Å². The molecule has 0 aromatic heterocycles. The van der Waals surface area contributed by atoms with Gasteiger partial charge in [-0.1, -0.05) is 19.1 Å². The molecule has 0 unspecified atom stereocenters. The highest BCUT2D eigenvalue weighted by Crippen LogP contribution is 2.64. The Labute approximate surface area is 164 Å². The fourth-order valence-corrected chi connectivity index (χ4v) is 6.19. The molecule has 0 bridgehead atoms. The van der Waals surface area contributed by atoms with Gasteiger partial charge in [0.1, 0.15) is 11.2 Å². The fourth-order valence-electron chi connectivity index (χ4n) is 3.17. The fraction of sp³-hybridized carbons (Fsp3) is 0.556. The lowest BCUT2D eigenvalue weighted by Crippen LogP contribution is -2.23. The number of hydrogen-bond acceptors (Lipinski definition) is 7. The standard InChI is InChI=1S/C18H26NO6PS/c1-5-23-26(22,24-6-2)18-13(4)25-17(27-7-3)12-16(18)14-8-10-15(11-9-14)19(20)21/h8-11,16-17H,5-7,12H2,1-4H3/t16-,17-/m0/s1. The summed E-state index contributed by atoms with van der Waals surface area (Å²) in [7, 11) is -3.54. The monoisotopic (exact) mass is 415 g/mol. The third-order valence-electron chi connectivity index (χ3n) is 4.18. The van der Waals surface area contributed by atoms with Crippen LogP contribution in [0.25, 0.3) is 0 Å². The Morgan fingerprint density at radius 2 is 1.81 bits per heavy atom. The van der Waals surface area contributed by atoms with Gasteiger partial charge in [0.15, 0.2) is 0 Å². The number of rotatable bonds is 9. The van der Waals surface area contributed by atoms with E-state index in [1.54, 1.807) is 44.7 Å². The molecule has 2 rings (SSSR count). The van der Waals surface area contributed by atoms with Crippen molar-refractivity contribution in [2.24, 2.45) is 0 Å². The molecule has 7 nitrogen and oxygen atoms in total. The topological polar surface area (TPSA) is 87.9 Å². The third kappa shape index (κ3) is 5.13. The molecule has 0 amide bonds. The minimum atomic E-state index is -3.54. The molecule has 0 spiro atoms. The molecule has 1 aromatic rings. The third-order valence-corrected chi connectivity index (χ3v) is 7.59. The Morgan fingerprint density at radius 1 is 1.22 bits per heavy atom. The SMILES string of the molecule is CCOP(=O)(OCC)C1=C(C)O[C@@H](SCC)C[C@H]1c1ccc([N+](=O)[O-])cc1. The van der Waals surface area contributed by atoms with E-state index < -0.39 is 12.5 Å². The maximum absolute atomic E-state index is 13.5. The van der Waals surface area contributed by atoms with Crippen LogP contribution in [-0.2, 0) is 18.3 Å². The van der Waals surface area contributed by atoms with Crippen molar-refractivity contribution in [1.29, 1.82) is 0 Å². The summed E-state index contributed by atoms with van der Waals surface area (Å²) in [5.41, 5.74) is 0.764. The highest BCUT2D eigenvalue weighted by molar-refractivity contribution is 7.99. The van der Waals surface area contributed by atoms with Crippen molar-refractivity contribution in [3.63, 3.8) is 0 Å². The van der Waals surface area contributed by atoms with Crippen molar-refractivity contribution in [2.75, 3.05) is 19.0 Å². The summed E-state index contributed by atoms with van der Waals surface area (Å²) in [5, 5.41) is 11.5. The predicted molar refractivity (Wildman–Crippen MR) is 107 cm³/mol. The van der Waals surface area contributed by atoms with Crippen LogP contribution >= 0.6 is 19.4 Å². The zero-order valence-electron chi connectivity index (χ0n) is 16.0. The molecule has 2 atom stereocenters. The summed E-state index contributed by atoms with van der Waals surface area (Å²) in [5.74, 6) is 1.17. The Balaban J connectivity index is 2.52. The van der Waals surface area contributed by atoms with Gasteiger partial charge in [-0.2, -0.15) is 0 Å². The Morgan fingerprint density at radius 3 is 2.30 bits per heavy atom. The lowest BCUT2D eigenvalue weighted by atomic mass is 9.93. The normalized spacial score (nSPS) is 20.4. The zero-order valence-corrected chi connectivity index (χ0v) is 17.8. The molecule has 0 saturated carbocycles. The number of nitrogens with zero attached hydrogens (tertiary/aromatic N) is 1.